The van der Waals surface area contributed by atoms with Crippen LogP contribution in [0.5, 0.6) is 5.75 Å². The van der Waals surface area contributed by atoms with Crippen LogP contribution in [0.15, 0.2) is 24.3 Å². The molecule has 1 N–H and O–H groups in total. The Morgan fingerprint density at radius 2 is 1.92 bits per heavy atom. The molecular formula is C17H26N2O4S. The van der Waals surface area contributed by atoms with E-state index in [-0.39, 0.29) is 24.3 Å². The zero-order valence-electron chi connectivity index (χ0n) is 14.3. The first-order valence-corrected chi connectivity index (χ1v) is 10.1. The van der Waals surface area contributed by atoms with Gasteiger partial charge in [0.05, 0.1) is 5.75 Å². The van der Waals surface area contributed by atoms with Crippen LogP contribution in [0.25, 0.3) is 0 Å². The van der Waals surface area contributed by atoms with Crippen molar-refractivity contribution in [2.24, 2.45) is 0 Å². The van der Waals surface area contributed by atoms with E-state index in [0.29, 0.717) is 25.9 Å². The summed E-state index contributed by atoms with van der Waals surface area (Å²) in [6.45, 7) is 4.78. The van der Waals surface area contributed by atoms with E-state index in [4.69, 9.17) is 4.74 Å². The van der Waals surface area contributed by atoms with E-state index in [9.17, 15) is 13.2 Å². The predicted octanol–water partition coefficient (Wildman–Crippen LogP) is 1.56. The Balaban J connectivity index is 1.81. The molecule has 134 valence electrons. The summed E-state index contributed by atoms with van der Waals surface area (Å²) in [7, 11) is -3.19. The van der Waals surface area contributed by atoms with Gasteiger partial charge < -0.3 is 9.64 Å². The maximum absolute atomic E-state index is 12.3. The normalized spacial score (nSPS) is 16.2. The fourth-order valence-electron chi connectivity index (χ4n) is 2.75. The standard InChI is InChI=1S/C17H26N2O4S/c1-3-14-7-5-6-8-16(14)23-13-17(20)19-11-9-15(10-12-19)18-24(21,22)4-2/h5-8,15,18H,3-4,9-13H2,1-2H3. The molecule has 1 saturated heterocycles. The molecule has 0 aromatic heterocycles. The number of benzene rings is 1. The number of likely N-dealkylation sites (tertiary alicyclic amines) is 1. The van der Waals surface area contributed by atoms with Gasteiger partial charge in [0.25, 0.3) is 5.91 Å². The number of carbonyl (C=O) groups is 1. The Bertz CT molecular complexity index is 652. The molecule has 1 heterocycles. The van der Waals surface area contributed by atoms with E-state index in [1.54, 1.807) is 11.8 Å². The van der Waals surface area contributed by atoms with Gasteiger partial charge in [0, 0.05) is 19.1 Å². The van der Waals surface area contributed by atoms with Gasteiger partial charge in [-0.25, -0.2) is 13.1 Å². The van der Waals surface area contributed by atoms with Gasteiger partial charge in [0.15, 0.2) is 6.61 Å². The van der Waals surface area contributed by atoms with Crippen LogP contribution in [-0.4, -0.2) is 50.7 Å². The fourth-order valence-corrected chi connectivity index (χ4v) is 3.66. The summed E-state index contributed by atoms with van der Waals surface area (Å²) < 4.78 is 31.5. The van der Waals surface area contributed by atoms with Crippen LogP contribution in [0, 0.1) is 0 Å². The van der Waals surface area contributed by atoms with Crippen LogP contribution in [0.2, 0.25) is 0 Å². The molecule has 2 rings (SSSR count). The number of sulfonamides is 1. The third kappa shape index (κ3) is 5.21. The Morgan fingerprint density at radius 1 is 1.25 bits per heavy atom. The van der Waals surface area contributed by atoms with Crippen molar-refractivity contribution in [2.45, 2.75) is 39.2 Å². The molecule has 0 bridgehead atoms. The second-order valence-electron chi connectivity index (χ2n) is 5.93. The number of hydrogen-bond acceptors (Lipinski definition) is 4. The van der Waals surface area contributed by atoms with Gasteiger partial charge in [0.2, 0.25) is 10.0 Å². The number of para-hydroxylation sites is 1. The molecule has 1 fully saturated rings. The van der Waals surface area contributed by atoms with E-state index in [1.807, 2.05) is 31.2 Å². The highest BCUT2D eigenvalue weighted by molar-refractivity contribution is 7.89. The van der Waals surface area contributed by atoms with E-state index in [2.05, 4.69) is 4.72 Å². The highest BCUT2D eigenvalue weighted by Crippen LogP contribution is 2.19. The SMILES string of the molecule is CCc1ccccc1OCC(=O)N1CCC(NS(=O)(=O)CC)CC1. The molecule has 0 saturated carbocycles. The summed E-state index contributed by atoms with van der Waals surface area (Å²) in [5, 5.41) is 0. The van der Waals surface area contributed by atoms with Gasteiger partial charge in [-0.2, -0.15) is 0 Å². The number of carbonyl (C=O) groups excluding carboxylic acids is 1. The zero-order chi connectivity index (χ0) is 17.6. The molecule has 1 aromatic carbocycles. The van der Waals surface area contributed by atoms with Crippen LogP contribution in [0.4, 0.5) is 0 Å². The average Bonchev–Trinajstić information content (AvgIpc) is 2.60. The van der Waals surface area contributed by atoms with Gasteiger partial charge in [-0.1, -0.05) is 25.1 Å². The third-order valence-corrected chi connectivity index (χ3v) is 5.73. The number of aryl methyl sites for hydroxylation is 1. The highest BCUT2D eigenvalue weighted by Gasteiger charge is 2.25. The van der Waals surface area contributed by atoms with Crippen molar-refractivity contribution in [1.29, 1.82) is 0 Å². The monoisotopic (exact) mass is 354 g/mol. The lowest BCUT2D eigenvalue weighted by Gasteiger charge is -2.32. The largest absolute Gasteiger partial charge is 0.483 e. The summed E-state index contributed by atoms with van der Waals surface area (Å²) >= 11 is 0. The lowest BCUT2D eigenvalue weighted by molar-refractivity contribution is -0.134. The van der Waals surface area contributed by atoms with Crippen molar-refractivity contribution in [3.8, 4) is 5.75 Å². The maximum atomic E-state index is 12.3. The fraction of sp³-hybridized carbons (Fsp3) is 0.588. The number of nitrogens with zero attached hydrogens (tertiary/aromatic N) is 1. The van der Waals surface area contributed by atoms with Crippen molar-refractivity contribution < 1.29 is 17.9 Å². The molecule has 0 radical (unpaired) electrons. The van der Waals surface area contributed by atoms with E-state index in [0.717, 1.165) is 17.7 Å². The topological polar surface area (TPSA) is 75.7 Å². The van der Waals surface area contributed by atoms with Gasteiger partial charge in [-0.05, 0) is 37.8 Å². The molecule has 6 nitrogen and oxygen atoms in total. The molecular weight excluding hydrogens is 328 g/mol. The Labute approximate surface area is 144 Å². The number of hydrogen-bond donors (Lipinski definition) is 1. The smallest absolute Gasteiger partial charge is 0.260 e. The predicted molar refractivity (Wildman–Crippen MR) is 93.5 cm³/mol. The second-order valence-corrected chi connectivity index (χ2v) is 7.97. The number of piperidine rings is 1. The molecule has 0 aliphatic carbocycles. The summed E-state index contributed by atoms with van der Waals surface area (Å²) in [4.78, 5) is 14.0. The summed E-state index contributed by atoms with van der Waals surface area (Å²) in [5.41, 5.74) is 1.08. The van der Waals surface area contributed by atoms with Crippen LogP contribution in [-0.2, 0) is 21.2 Å². The molecule has 1 aliphatic heterocycles. The summed E-state index contributed by atoms with van der Waals surface area (Å²) in [6.07, 6.45) is 2.13. The number of amides is 1. The van der Waals surface area contributed by atoms with Gasteiger partial charge >= 0.3 is 0 Å². The average molecular weight is 354 g/mol. The first kappa shape index (κ1) is 18.7. The maximum Gasteiger partial charge on any atom is 0.260 e. The van der Waals surface area contributed by atoms with E-state index < -0.39 is 10.0 Å². The summed E-state index contributed by atoms with van der Waals surface area (Å²) in [6, 6.07) is 7.63. The lowest BCUT2D eigenvalue weighted by Crippen LogP contribution is -2.47. The van der Waals surface area contributed by atoms with Crippen LogP contribution >= 0.6 is 0 Å². The van der Waals surface area contributed by atoms with E-state index in [1.165, 1.54) is 0 Å². The Kier molecular flexibility index (Phi) is 6.62. The first-order chi connectivity index (χ1) is 11.4. The minimum Gasteiger partial charge on any atom is -0.483 e. The van der Waals surface area contributed by atoms with Crippen molar-refractivity contribution in [2.75, 3.05) is 25.4 Å². The van der Waals surface area contributed by atoms with Crippen molar-refractivity contribution in [3.05, 3.63) is 29.8 Å². The molecule has 7 heteroatoms. The Morgan fingerprint density at radius 3 is 2.54 bits per heavy atom. The second kappa shape index (κ2) is 8.48. The molecule has 24 heavy (non-hydrogen) atoms. The molecule has 1 aromatic rings. The number of rotatable bonds is 7. The minimum atomic E-state index is -3.19. The number of nitrogens with one attached hydrogen (secondary N) is 1. The van der Waals surface area contributed by atoms with Crippen molar-refractivity contribution in [3.63, 3.8) is 0 Å². The molecule has 0 atom stereocenters. The zero-order valence-corrected chi connectivity index (χ0v) is 15.1. The van der Waals surface area contributed by atoms with Crippen LogP contribution < -0.4 is 9.46 Å². The first-order valence-electron chi connectivity index (χ1n) is 8.43. The van der Waals surface area contributed by atoms with Crippen LogP contribution in [0.3, 0.4) is 0 Å². The van der Waals surface area contributed by atoms with Crippen molar-refractivity contribution in [1.82, 2.24) is 9.62 Å². The molecule has 1 aliphatic rings. The highest BCUT2D eigenvalue weighted by atomic mass is 32.2. The quantitative estimate of drug-likeness (QED) is 0.806. The number of ether oxygens (including phenoxy) is 1. The molecule has 0 unspecified atom stereocenters. The lowest BCUT2D eigenvalue weighted by atomic mass is 10.1. The minimum absolute atomic E-state index is 0.0162. The molecule has 0 spiro atoms. The van der Waals surface area contributed by atoms with Gasteiger partial charge in [0.1, 0.15) is 5.75 Å². The van der Waals surface area contributed by atoms with Gasteiger partial charge in [-0.15, -0.1) is 0 Å². The third-order valence-electron chi connectivity index (χ3n) is 4.28. The van der Waals surface area contributed by atoms with Gasteiger partial charge in [-0.3, -0.25) is 4.79 Å². The summed E-state index contributed by atoms with van der Waals surface area (Å²) in [5.74, 6) is 0.772. The molecule has 1 amide bonds. The Hall–Kier alpha value is -1.60. The van der Waals surface area contributed by atoms with E-state index >= 15 is 0 Å². The van der Waals surface area contributed by atoms with Crippen molar-refractivity contribution >= 4 is 15.9 Å². The van der Waals surface area contributed by atoms with Crippen LogP contribution in [0.1, 0.15) is 32.3 Å².